The fraction of sp³-hybridized carbons (Fsp3) is 0.341. The first-order valence-electron chi connectivity index (χ1n) is 18.8. The summed E-state index contributed by atoms with van der Waals surface area (Å²) in [6.45, 7) is 3.88. The molecule has 0 amide bonds. The van der Waals surface area contributed by atoms with Gasteiger partial charge in [0.15, 0.2) is 0 Å². The quantitative estimate of drug-likeness (QED) is 0.118. The van der Waals surface area contributed by atoms with Crippen molar-refractivity contribution in [2.24, 2.45) is 11.8 Å². The van der Waals surface area contributed by atoms with Crippen LogP contribution < -0.4 is 4.40 Å². The molecule has 2 aromatic carbocycles. The van der Waals surface area contributed by atoms with E-state index in [0.717, 1.165) is 78.5 Å². The Balaban J connectivity index is 0.000000205. The maximum absolute atomic E-state index is 8.80. The number of aromatic nitrogens is 3. The second-order valence-corrected chi connectivity index (χ2v) is 24.9. The normalized spacial score (nSPS) is 15.9. The molecule has 0 N–H and O–H groups in total. The number of pyridine rings is 3. The van der Waals surface area contributed by atoms with Crippen LogP contribution in [0.5, 0.6) is 0 Å². The number of nitrogens with zero attached hydrogens (tertiary/aromatic N) is 3. The van der Waals surface area contributed by atoms with Gasteiger partial charge in [-0.25, -0.2) is 4.98 Å². The Morgan fingerprint density at radius 3 is 2.49 bits per heavy atom. The van der Waals surface area contributed by atoms with Crippen molar-refractivity contribution in [3.63, 3.8) is 0 Å². The summed E-state index contributed by atoms with van der Waals surface area (Å²) in [6, 6.07) is 27.4. The van der Waals surface area contributed by atoms with E-state index in [0.29, 0.717) is 5.56 Å². The second-order valence-electron chi connectivity index (χ2n) is 13.3. The average Bonchev–Trinajstić information content (AvgIpc) is 3.50. The summed E-state index contributed by atoms with van der Waals surface area (Å²) < 4.78 is 44.7. The molecule has 1 aliphatic rings. The standard InChI is InChI=1S/C23H21N2S.C18H24GeN.Ir/c1-2-6-16(7-3-1)14-17-11-13-24-21(15-17)20-9-4-8-18-19-10-5-12-25-23(19)26-22(18)20;1-14(2)11-16-12-18(15-9-7-6-8-10-15)20-13-17(16)19(3,4)5;/h4-5,8,10-13,15-16H,1-3,6-7,14H2;6-9,12-14H,11H2,1-5H3;/q2*-1;/i12D,14D2;11D2;. The smallest absolute Gasteiger partial charge is 0.113 e. The molecule has 4 aromatic heterocycles. The predicted molar refractivity (Wildman–Crippen MR) is 200 cm³/mol. The van der Waals surface area contributed by atoms with E-state index in [1.165, 1.54) is 6.42 Å². The van der Waals surface area contributed by atoms with Crippen LogP contribution in [0.2, 0.25) is 17.3 Å². The van der Waals surface area contributed by atoms with Crippen LogP contribution in [0.15, 0.2) is 85.3 Å². The molecule has 0 bridgehead atoms. The molecular weight excluding hydrogens is 831 g/mol. The Kier molecular flexibility index (Phi) is 10.0. The topological polar surface area (TPSA) is 38.7 Å². The molecule has 0 atom stereocenters. The fourth-order valence-electron chi connectivity index (χ4n) is 6.04. The number of hydrogen-bond acceptors (Lipinski definition) is 4. The first kappa shape index (κ1) is 29.2. The minimum atomic E-state index is -2.20. The third-order valence-electron chi connectivity index (χ3n) is 8.29. The molecule has 1 aliphatic carbocycles. The van der Waals surface area contributed by atoms with Gasteiger partial charge >= 0.3 is 128 Å². The van der Waals surface area contributed by atoms with Gasteiger partial charge in [0.05, 0.1) is 1.37 Å². The summed E-state index contributed by atoms with van der Waals surface area (Å²) in [4.78, 5) is 14.3. The average molecular weight is 882 g/mol. The van der Waals surface area contributed by atoms with E-state index in [-0.39, 0.29) is 38.1 Å². The van der Waals surface area contributed by atoms with E-state index in [2.05, 4.69) is 44.4 Å². The molecule has 6 heteroatoms. The fourth-order valence-corrected chi connectivity index (χ4v) is 10.1. The monoisotopic (exact) mass is 883 g/mol. The summed E-state index contributed by atoms with van der Waals surface area (Å²) in [5.74, 6) is 6.84. The molecule has 0 aliphatic heterocycles. The molecule has 0 unspecified atom stereocenters. The predicted octanol–water partition coefficient (Wildman–Crippen LogP) is 10.7. The molecular formula is C41H45GeIrN3S-2. The van der Waals surface area contributed by atoms with Crippen LogP contribution >= 0.6 is 11.3 Å². The molecule has 4 heterocycles. The van der Waals surface area contributed by atoms with Crippen molar-refractivity contribution in [3.8, 4) is 22.5 Å². The van der Waals surface area contributed by atoms with Crippen LogP contribution in [0.4, 0.5) is 0 Å². The Bertz CT molecular complexity index is 2140. The third-order valence-corrected chi connectivity index (χ3v) is 13.7. The van der Waals surface area contributed by atoms with Crippen molar-refractivity contribution in [2.75, 3.05) is 0 Å². The van der Waals surface area contributed by atoms with Gasteiger partial charge in [0.1, 0.15) is 4.83 Å². The van der Waals surface area contributed by atoms with E-state index in [1.54, 1.807) is 23.6 Å². The van der Waals surface area contributed by atoms with Gasteiger partial charge in [-0.15, -0.1) is 23.8 Å². The third kappa shape index (κ3) is 8.86. The van der Waals surface area contributed by atoms with E-state index < -0.39 is 26.0 Å². The number of thiophene rings is 1. The van der Waals surface area contributed by atoms with Crippen LogP contribution in [-0.4, -0.2) is 28.2 Å². The van der Waals surface area contributed by atoms with Crippen LogP contribution in [0, 0.1) is 24.0 Å². The summed E-state index contributed by atoms with van der Waals surface area (Å²) >= 11 is -0.660. The van der Waals surface area contributed by atoms with E-state index >= 15 is 0 Å². The summed E-state index contributed by atoms with van der Waals surface area (Å²) in [6.07, 6.45) is 6.52. The van der Waals surface area contributed by atoms with Crippen LogP contribution in [0.3, 0.4) is 0 Å². The maximum atomic E-state index is 8.80. The van der Waals surface area contributed by atoms with Crippen LogP contribution in [0.1, 0.15) is 63.9 Å². The van der Waals surface area contributed by atoms with E-state index in [4.69, 9.17) is 6.85 Å². The number of hydrogen-bond donors (Lipinski definition) is 0. The van der Waals surface area contributed by atoms with Gasteiger partial charge in [-0.2, -0.15) is 11.3 Å². The van der Waals surface area contributed by atoms with Crippen LogP contribution in [-0.2, 0) is 32.9 Å². The van der Waals surface area contributed by atoms with Crippen LogP contribution in [0.25, 0.3) is 42.8 Å². The van der Waals surface area contributed by atoms with E-state index in [1.807, 2.05) is 80.7 Å². The van der Waals surface area contributed by atoms with Crippen molar-refractivity contribution in [1.29, 1.82) is 0 Å². The SMILES string of the molecule is [2H]C([2H])(c1cc(-c2[c-]cccc2)nc[c]1[Ge]([CH3])([CH3])[CH3])C(C)C.[2H]c1ccc2c(n1)sc1c(-c3cc(C([2H])([2H])C4CCCCC4)ccn3)[c-]ccc12.[Ir]. The Morgan fingerprint density at radius 1 is 0.915 bits per heavy atom. The number of fused-ring (bicyclic) bond motifs is 3. The van der Waals surface area contributed by atoms with Gasteiger partial charge in [-0.3, -0.25) is 0 Å². The molecule has 6 aromatic rings. The van der Waals surface area contributed by atoms with Gasteiger partial charge in [-0.05, 0) is 40.2 Å². The van der Waals surface area contributed by atoms with Gasteiger partial charge in [-0.1, -0.05) is 55.2 Å². The van der Waals surface area contributed by atoms with Crippen molar-refractivity contribution >= 4 is 49.3 Å². The van der Waals surface area contributed by atoms with Gasteiger partial charge in [0.2, 0.25) is 0 Å². The van der Waals surface area contributed by atoms with Gasteiger partial charge < -0.3 is 4.98 Å². The summed E-state index contributed by atoms with van der Waals surface area (Å²) in [5.41, 5.74) is 4.85. The largest absolute Gasteiger partial charge is 0.305 e. The minimum Gasteiger partial charge on any atom is -0.305 e. The summed E-state index contributed by atoms with van der Waals surface area (Å²) in [5, 5.41) is 2.11. The number of benzene rings is 2. The van der Waals surface area contributed by atoms with Crippen molar-refractivity contribution in [3.05, 3.63) is 109 Å². The van der Waals surface area contributed by atoms with Gasteiger partial charge in [0, 0.05) is 35.2 Å². The number of rotatable bonds is 7. The molecule has 1 radical (unpaired) electrons. The van der Waals surface area contributed by atoms with Gasteiger partial charge in [0.25, 0.3) is 0 Å². The maximum Gasteiger partial charge on any atom is 0.113 e. The molecule has 0 saturated heterocycles. The molecule has 47 heavy (non-hydrogen) atoms. The molecule has 0 spiro atoms. The van der Waals surface area contributed by atoms with Crippen molar-refractivity contribution in [1.82, 2.24) is 15.0 Å². The Morgan fingerprint density at radius 2 is 1.74 bits per heavy atom. The zero-order valence-corrected chi connectivity index (χ0v) is 33.1. The van der Waals surface area contributed by atoms with Crippen molar-refractivity contribution in [2.45, 2.75) is 76.0 Å². The summed E-state index contributed by atoms with van der Waals surface area (Å²) in [7, 11) is 0. The van der Waals surface area contributed by atoms with Crippen molar-refractivity contribution < 1.29 is 27.0 Å². The minimum absolute atomic E-state index is 0. The Hall–Kier alpha value is -2.70. The zero-order chi connectivity index (χ0) is 36.6. The zero-order valence-electron chi connectivity index (χ0n) is 32.8. The second kappa shape index (κ2) is 16.1. The molecule has 7 rings (SSSR count). The van der Waals surface area contributed by atoms with E-state index in [9.17, 15) is 0 Å². The molecule has 245 valence electrons. The molecule has 1 saturated carbocycles. The first-order valence-corrected chi connectivity index (χ1v) is 24.5. The molecule has 1 fully saturated rings. The first-order chi connectivity index (χ1) is 24.2. The molecule has 3 nitrogen and oxygen atoms in total. The Labute approximate surface area is 308 Å².